The molecule has 5 heteroatoms. The molecule has 0 aliphatic rings. The van der Waals surface area contributed by atoms with Crippen LogP contribution in [-0.4, -0.2) is 19.9 Å². The quantitative estimate of drug-likeness (QED) is 0.617. The second-order valence-corrected chi connectivity index (χ2v) is 5.08. The molecule has 0 aliphatic heterocycles. The van der Waals surface area contributed by atoms with Crippen molar-refractivity contribution in [2.24, 2.45) is 0 Å². The average molecular weight is 300 g/mol. The van der Waals surface area contributed by atoms with E-state index in [1.807, 2.05) is 60.7 Å². The highest BCUT2D eigenvalue weighted by Gasteiger charge is 2.13. The van der Waals surface area contributed by atoms with Crippen molar-refractivity contribution in [2.75, 3.05) is 0 Å². The van der Waals surface area contributed by atoms with Gasteiger partial charge in [-0.15, -0.1) is 0 Å². The minimum atomic E-state index is -0.432. The van der Waals surface area contributed by atoms with E-state index in [1.165, 1.54) is 6.20 Å². The number of fused-ring (bicyclic) bond motifs is 1. The van der Waals surface area contributed by atoms with Gasteiger partial charge in [0.05, 0.1) is 17.6 Å². The van der Waals surface area contributed by atoms with Gasteiger partial charge in [-0.1, -0.05) is 60.7 Å². The van der Waals surface area contributed by atoms with Crippen molar-refractivity contribution < 1.29 is 0 Å². The van der Waals surface area contributed by atoms with Gasteiger partial charge in [-0.3, -0.25) is 4.98 Å². The molecule has 2 heterocycles. The third-order valence-corrected chi connectivity index (χ3v) is 3.55. The Morgan fingerprint density at radius 3 is 1.91 bits per heavy atom. The molecule has 4 rings (SSSR count). The van der Waals surface area contributed by atoms with Crippen molar-refractivity contribution in [1.82, 2.24) is 19.9 Å². The smallest absolute Gasteiger partial charge is 0.289 e. The number of aromatic nitrogens is 4. The number of benzene rings is 2. The van der Waals surface area contributed by atoms with Crippen molar-refractivity contribution in [3.8, 4) is 22.5 Å². The van der Waals surface area contributed by atoms with Crippen molar-refractivity contribution in [3.05, 3.63) is 77.3 Å². The Hall–Kier alpha value is -3.34. The number of nitrogens with one attached hydrogen (secondary N) is 1. The van der Waals surface area contributed by atoms with Crippen LogP contribution in [-0.2, 0) is 0 Å². The summed E-state index contributed by atoms with van der Waals surface area (Å²) in [5.74, 6) is 0. The molecule has 0 atom stereocenters. The molecule has 0 aliphatic carbocycles. The first-order valence-corrected chi connectivity index (χ1v) is 7.19. The van der Waals surface area contributed by atoms with Crippen LogP contribution in [0, 0.1) is 0 Å². The Kier molecular flexibility index (Phi) is 3.16. The van der Waals surface area contributed by atoms with Gasteiger partial charge in [-0.25, -0.2) is 14.8 Å². The highest BCUT2D eigenvalue weighted by atomic mass is 16.1. The van der Waals surface area contributed by atoms with Crippen LogP contribution in [0.2, 0.25) is 0 Å². The monoisotopic (exact) mass is 300 g/mol. The van der Waals surface area contributed by atoms with E-state index in [-0.39, 0.29) is 0 Å². The molecular weight excluding hydrogens is 288 g/mol. The molecule has 23 heavy (non-hydrogen) atoms. The van der Waals surface area contributed by atoms with Gasteiger partial charge in [-0.2, -0.15) is 4.98 Å². The van der Waals surface area contributed by atoms with Crippen LogP contribution < -0.4 is 5.69 Å². The summed E-state index contributed by atoms with van der Waals surface area (Å²) in [5.41, 5.74) is 3.96. The molecule has 0 fully saturated rings. The summed E-state index contributed by atoms with van der Waals surface area (Å²) in [6.45, 7) is 0. The molecule has 0 saturated carbocycles. The standard InChI is InChI=1S/C18H12N4O/c23-18-19-11-14-17(22-18)21-16(13-9-5-2-6-10-13)15(20-14)12-7-3-1-4-8-12/h1-11H,(H,19,21,22,23). The number of H-pyrrole nitrogens is 1. The van der Waals surface area contributed by atoms with E-state index in [1.54, 1.807) is 0 Å². The molecule has 1 N–H and O–H groups in total. The first-order valence-electron chi connectivity index (χ1n) is 7.19. The fourth-order valence-corrected chi connectivity index (χ4v) is 2.48. The minimum absolute atomic E-state index is 0.432. The maximum atomic E-state index is 11.5. The third-order valence-electron chi connectivity index (χ3n) is 3.55. The van der Waals surface area contributed by atoms with E-state index in [2.05, 4.69) is 19.9 Å². The number of rotatable bonds is 2. The lowest BCUT2D eigenvalue weighted by atomic mass is 10.0. The predicted molar refractivity (Wildman–Crippen MR) is 88.8 cm³/mol. The predicted octanol–water partition coefficient (Wildman–Crippen LogP) is 3.05. The fraction of sp³-hybridized carbons (Fsp3) is 0. The lowest BCUT2D eigenvalue weighted by Crippen LogP contribution is -2.10. The first kappa shape index (κ1) is 13.3. The molecule has 5 nitrogen and oxygen atoms in total. The fourth-order valence-electron chi connectivity index (χ4n) is 2.48. The molecule has 4 aromatic rings. The largest absolute Gasteiger partial charge is 0.346 e. The summed E-state index contributed by atoms with van der Waals surface area (Å²) >= 11 is 0. The number of aromatic amines is 1. The van der Waals surface area contributed by atoms with Gasteiger partial charge in [0.1, 0.15) is 5.52 Å². The van der Waals surface area contributed by atoms with Gasteiger partial charge in [-0.05, 0) is 0 Å². The van der Waals surface area contributed by atoms with E-state index in [4.69, 9.17) is 0 Å². The maximum Gasteiger partial charge on any atom is 0.346 e. The van der Waals surface area contributed by atoms with Crippen LogP contribution in [0.3, 0.4) is 0 Å². The number of hydrogen-bond acceptors (Lipinski definition) is 4. The van der Waals surface area contributed by atoms with Crippen molar-refractivity contribution in [2.45, 2.75) is 0 Å². The van der Waals surface area contributed by atoms with Crippen molar-refractivity contribution in [1.29, 1.82) is 0 Å². The average Bonchev–Trinajstić information content (AvgIpc) is 2.62. The van der Waals surface area contributed by atoms with E-state index >= 15 is 0 Å². The summed E-state index contributed by atoms with van der Waals surface area (Å²) in [5, 5.41) is 0. The molecule has 2 aromatic carbocycles. The zero-order valence-electron chi connectivity index (χ0n) is 12.1. The summed E-state index contributed by atoms with van der Waals surface area (Å²) in [7, 11) is 0. The van der Waals surface area contributed by atoms with Crippen molar-refractivity contribution in [3.63, 3.8) is 0 Å². The van der Waals surface area contributed by atoms with E-state index in [9.17, 15) is 4.79 Å². The number of hydrogen-bond donors (Lipinski definition) is 1. The Labute approximate surface area is 131 Å². The molecule has 2 aromatic heterocycles. The zero-order chi connectivity index (χ0) is 15.6. The summed E-state index contributed by atoms with van der Waals surface area (Å²) in [6.07, 6.45) is 1.45. The van der Waals surface area contributed by atoms with Crippen LogP contribution in [0.1, 0.15) is 0 Å². The second-order valence-electron chi connectivity index (χ2n) is 5.08. The maximum absolute atomic E-state index is 11.5. The molecule has 110 valence electrons. The van der Waals surface area contributed by atoms with Gasteiger partial charge in [0.25, 0.3) is 0 Å². The van der Waals surface area contributed by atoms with Crippen LogP contribution in [0.15, 0.2) is 71.7 Å². The van der Waals surface area contributed by atoms with Crippen LogP contribution in [0.5, 0.6) is 0 Å². The summed E-state index contributed by atoms with van der Waals surface area (Å²) < 4.78 is 0. The normalized spacial score (nSPS) is 10.8. The Balaban J connectivity index is 2.06. The highest BCUT2D eigenvalue weighted by Crippen LogP contribution is 2.29. The third kappa shape index (κ3) is 2.48. The Morgan fingerprint density at radius 1 is 0.739 bits per heavy atom. The van der Waals surface area contributed by atoms with Gasteiger partial charge in [0.2, 0.25) is 0 Å². The van der Waals surface area contributed by atoms with Crippen LogP contribution in [0.25, 0.3) is 33.7 Å². The van der Waals surface area contributed by atoms with E-state index in [0.717, 1.165) is 22.5 Å². The lowest BCUT2D eigenvalue weighted by Gasteiger charge is -2.09. The van der Waals surface area contributed by atoms with Gasteiger partial charge in [0.15, 0.2) is 5.65 Å². The second kappa shape index (κ2) is 5.46. The van der Waals surface area contributed by atoms with E-state index in [0.29, 0.717) is 11.2 Å². The molecule has 0 amide bonds. The molecule has 0 spiro atoms. The van der Waals surface area contributed by atoms with Crippen LogP contribution in [0.4, 0.5) is 0 Å². The number of nitrogens with zero attached hydrogens (tertiary/aromatic N) is 3. The van der Waals surface area contributed by atoms with E-state index < -0.39 is 5.69 Å². The molecule has 0 bridgehead atoms. The lowest BCUT2D eigenvalue weighted by molar-refractivity contribution is 1.08. The Morgan fingerprint density at radius 2 is 1.30 bits per heavy atom. The highest BCUT2D eigenvalue weighted by molar-refractivity contribution is 5.84. The molecular formula is C18H12N4O. The SMILES string of the molecule is O=c1ncc2nc(-c3ccccc3)c(-c3ccccc3)nc2[nH]1. The Bertz CT molecular complexity index is 1030. The minimum Gasteiger partial charge on any atom is -0.289 e. The molecule has 0 unspecified atom stereocenters. The van der Waals surface area contributed by atoms with Gasteiger partial charge < -0.3 is 0 Å². The molecule has 0 radical (unpaired) electrons. The topological polar surface area (TPSA) is 71.5 Å². The van der Waals surface area contributed by atoms with Crippen LogP contribution >= 0.6 is 0 Å². The first-order chi connectivity index (χ1) is 11.3. The summed E-state index contributed by atoms with van der Waals surface area (Å²) in [4.78, 5) is 27.1. The molecule has 0 saturated heterocycles. The van der Waals surface area contributed by atoms with Gasteiger partial charge in [0, 0.05) is 11.1 Å². The summed E-state index contributed by atoms with van der Waals surface area (Å²) in [6, 6.07) is 19.6. The van der Waals surface area contributed by atoms with Crippen molar-refractivity contribution >= 4 is 11.2 Å². The zero-order valence-corrected chi connectivity index (χ0v) is 12.1. The van der Waals surface area contributed by atoms with Gasteiger partial charge >= 0.3 is 5.69 Å².